The van der Waals surface area contributed by atoms with Gasteiger partial charge in [0.25, 0.3) is 0 Å². The third kappa shape index (κ3) is 4.89. The maximum absolute atomic E-state index is 11.8. The summed E-state index contributed by atoms with van der Waals surface area (Å²) in [6.45, 7) is 2.31. The van der Waals surface area contributed by atoms with Crippen LogP contribution in [0.15, 0.2) is 24.3 Å². The van der Waals surface area contributed by atoms with Crippen molar-refractivity contribution in [2.24, 2.45) is 0 Å². The van der Waals surface area contributed by atoms with Crippen LogP contribution < -0.4 is 10.6 Å². The number of carbonyl (C=O) groups is 2. The number of nitrogens with one attached hydrogen (secondary N) is 2. The first-order valence-electron chi connectivity index (χ1n) is 5.91. The van der Waals surface area contributed by atoms with E-state index >= 15 is 0 Å². The van der Waals surface area contributed by atoms with Crippen LogP contribution in [0.3, 0.4) is 0 Å². The van der Waals surface area contributed by atoms with E-state index in [9.17, 15) is 9.59 Å². The summed E-state index contributed by atoms with van der Waals surface area (Å²) in [6.07, 6.45) is 0. The van der Waals surface area contributed by atoms with Gasteiger partial charge in [0, 0.05) is 18.6 Å². The lowest BCUT2D eigenvalue weighted by atomic mass is 10.2. The summed E-state index contributed by atoms with van der Waals surface area (Å²) < 4.78 is 0. The van der Waals surface area contributed by atoms with Crippen molar-refractivity contribution >= 4 is 23.5 Å². The number of urea groups is 1. The van der Waals surface area contributed by atoms with Crippen LogP contribution >= 0.6 is 11.6 Å². The van der Waals surface area contributed by atoms with Gasteiger partial charge in [0.1, 0.15) is 0 Å². The number of imide groups is 1. The number of carbonyl (C=O) groups excluding carboxylic acids is 2. The Hall–Kier alpha value is -1.59. The summed E-state index contributed by atoms with van der Waals surface area (Å²) in [5, 5.41) is 5.25. The Morgan fingerprint density at radius 3 is 2.68 bits per heavy atom. The molecule has 104 valence electrons. The van der Waals surface area contributed by atoms with Crippen LogP contribution in [0, 0.1) is 0 Å². The fourth-order valence-corrected chi connectivity index (χ4v) is 1.75. The third-order valence-corrected chi connectivity index (χ3v) is 3.06. The fraction of sp³-hybridized carbons (Fsp3) is 0.385. The van der Waals surface area contributed by atoms with Crippen LogP contribution in [0.2, 0.25) is 5.02 Å². The number of rotatable bonds is 4. The molecule has 1 aromatic rings. The van der Waals surface area contributed by atoms with Crippen molar-refractivity contribution in [3.05, 3.63) is 34.9 Å². The molecular weight excluding hydrogens is 266 g/mol. The minimum Gasteiger partial charge on any atom is -0.341 e. The number of halogens is 1. The van der Waals surface area contributed by atoms with E-state index in [1.165, 1.54) is 7.05 Å². The van der Waals surface area contributed by atoms with Gasteiger partial charge in [0.15, 0.2) is 0 Å². The Morgan fingerprint density at radius 2 is 2.11 bits per heavy atom. The average molecular weight is 284 g/mol. The lowest BCUT2D eigenvalue weighted by molar-refractivity contribution is -0.124. The van der Waals surface area contributed by atoms with E-state index in [4.69, 9.17) is 11.6 Å². The molecule has 0 aliphatic heterocycles. The van der Waals surface area contributed by atoms with Gasteiger partial charge < -0.3 is 5.32 Å². The Balaban J connectivity index is 2.59. The van der Waals surface area contributed by atoms with Crippen LogP contribution in [-0.2, 0) is 11.3 Å². The van der Waals surface area contributed by atoms with Gasteiger partial charge in [-0.3, -0.25) is 15.0 Å². The molecule has 0 radical (unpaired) electrons. The average Bonchev–Trinajstić information content (AvgIpc) is 2.37. The lowest BCUT2D eigenvalue weighted by Crippen LogP contribution is -2.47. The molecule has 1 aromatic carbocycles. The molecule has 0 fully saturated rings. The van der Waals surface area contributed by atoms with Gasteiger partial charge in [-0.15, -0.1) is 0 Å². The molecule has 0 saturated carbocycles. The van der Waals surface area contributed by atoms with Gasteiger partial charge in [0.2, 0.25) is 5.91 Å². The Bertz CT molecular complexity index is 465. The largest absolute Gasteiger partial charge is 0.341 e. The van der Waals surface area contributed by atoms with Crippen molar-refractivity contribution in [2.45, 2.75) is 19.5 Å². The molecule has 0 saturated heterocycles. The van der Waals surface area contributed by atoms with Crippen molar-refractivity contribution in [1.82, 2.24) is 15.5 Å². The maximum atomic E-state index is 11.8. The van der Waals surface area contributed by atoms with Crippen molar-refractivity contribution in [1.29, 1.82) is 0 Å². The van der Waals surface area contributed by atoms with E-state index in [-0.39, 0.29) is 5.91 Å². The lowest BCUT2D eigenvalue weighted by Gasteiger charge is -2.23. The molecule has 0 aromatic heterocycles. The second-order valence-corrected chi connectivity index (χ2v) is 4.73. The fourth-order valence-electron chi connectivity index (χ4n) is 1.54. The highest BCUT2D eigenvalue weighted by Crippen LogP contribution is 2.13. The minimum atomic E-state index is -0.506. The molecule has 19 heavy (non-hydrogen) atoms. The summed E-state index contributed by atoms with van der Waals surface area (Å²) in [7, 11) is 3.28. The molecule has 2 N–H and O–H groups in total. The molecule has 1 rings (SSSR count). The number of hydrogen-bond acceptors (Lipinski definition) is 3. The molecule has 6 heteroatoms. The molecule has 1 unspecified atom stereocenters. The van der Waals surface area contributed by atoms with Crippen LogP contribution in [0.1, 0.15) is 12.5 Å². The highest BCUT2D eigenvalue weighted by atomic mass is 35.5. The van der Waals surface area contributed by atoms with Gasteiger partial charge in [-0.25, -0.2) is 4.79 Å². The summed E-state index contributed by atoms with van der Waals surface area (Å²) in [4.78, 5) is 24.7. The second-order valence-electron chi connectivity index (χ2n) is 4.29. The first kappa shape index (κ1) is 15.5. The van der Waals surface area contributed by atoms with Crippen molar-refractivity contribution < 1.29 is 9.59 Å². The van der Waals surface area contributed by atoms with Gasteiger partial charge in [0.05, 0.1) is 6.04 Å². The van der Waals surface area contributed by atoms with Gasteiger partial charge >= 0.3 is 6.03 Å². The molecule has 0 aliphatic rings. The van der Waals surface area contributed by atoms with Gasteiger partial charge in [-0.1, -0.05) is 23.7 Å². The number of benzene rings is 1. The normalized spacial score (nSPS) is 12.1. The summed E-state index contributed by atoms with van der Waals surface area (Å²) in [5.74, 6) is -0.344. The molecule has 0 spiro atoms. The number of amides is 3. The van der Waals surface area contributed by atoms with Crippen LogP contribution in [0.5, 0.6) is 0 Å². The van der Waals surface area contributed by atoms with Crippen molar-refractivity contribution in [3.63, 3.8) is 0 Å². The molecular formula is C13H18ClN3O2. The first-order chi connectivity index (χ1) is 8.93. The Kier molecular flexibility index (Phi) is 5.79. The molecule has 0 heterocycles. The molecule has 3 amide bonds. The monoisotopic (exact) mass is 283 g/mol. The summed E-state index contributed by atoms with van der Waals surface area (Å²) in [5.41, 5.74) is 1.01. The van der Waals surface area contributed by atoms with E-state index in [0.29, 0.717) is 11.6 Å². The summed E-state index contributed by atoms with van der Waals surface area (Å²) in [6, 6.07) is 6.52. The van der Waals surface area contributed by atoms with Crippen molar-refractivity contribution in [3.8, 4) is 0 Å². The quantitative estimate of drug-likeness (QED) is 0.883. The predicted molar refractivity (Wildman–Crippen MR) is 75.0 cm³/mol. The number of hydrogen-bond donors (Lipinski definition) is 2. The molecule has 0 bridgehead atoms. The Morgan fingerprint density at radius 1 is 1.42 bits per heavy atom. The predicted octanol–water partition coefficient (Wildman–Crippen LogP) is 1.62. The number of likely N-dealkylation sites (N-methyl/N-ethyl adjacent to an activating group) is 1. The van der Waals surface area contributed by atoms with Crippen molar-refractivity contribution in [2.75, 3.05) is 14.1 Å². The molecule has 0 aliphatic carbocycles. The topological polar surface area (TPSA) is 61.4 Å². The van der Waals surface area contributed by atoms with E-state index in [2.05, 4.69) is 10.6 Å². The zero-order chi connectivity index (χ0) is 14.4. The maximum Gasteiger partial charge on any atom is 0.321 e. The Labute approximate surface area is 117 Å². The van der Waals surface area contributed by atoms with Gasteiger partial charge in [-0.2, -0.15) is 0 Å². The SMILES string of the molecule is CNC(=O)NC(=O)C(C)N(C)Cc1cccc(Cl)c1. The second kappa shape index (κ2) is 7.11. The van der Waals surface area contributed by atoms with Gasteiger partial charge in [-0.05, 0) is 31.7 Å². The van der Waals surface area contributed by atoms with Crippen LogP contribution in [-0.4, -0.2) is 37.0 Å². The third-order valence-electron chi connectivity index (χ3n) is 2.83. The van der Waals surface area contributed by atoms with E-state index in [0.717, 1.165) is 5.56 Å². The zero-order valence-corrected chi connectivity index (χ0v) is 12.0. The molecule has 1 atom stereocenters. The van der Waals surface area contributed by atoms with Crippen LogP contribution in [0.25, 0.3) is 0 Å². The molecule has 5 nitrogen and oxygen atoms in total. The summed E-state index contributed by atoms with van der Waals surface area (Å²) >= 11 is 5.91. The standard InChI is InChI=1S/C13H18ClN3O2/c1-9(12(18)16-13(19)15-2)17(3)8-10-5-4-6-11(14)7-10/h4-7,9H,8H2,1-3H3,(H2,15,16,18,19). The zero-order valence-electron chi connectivity index (χ0n) is 11.2. The van der Waals surface area contributed by atoms with E-state index in [1.54, 1.807) is 13.0 Å². The minimum absolute atomic E-state index is 0.344. The van der Waals surface area contributed by atoms with Crippen LogP contribution in [0.4, 0.5) is 4.79 Å². The first-order valence-corrected chi connectivity index (χ1v) is 6.29. The smallest absolute Gasteiger partial charge is 0.321 e. The highest BCUT2D eigenvalue weighted by Gasteiger charge is 2.19. The highest BCUT2D eigenvalue weighted by molar-refractivity contribution is 6.30. The number of nitrogens with zero attached hydrogens (tertiary/aromatic N) is 1. The van der Waals surface area contributed by atoms with E-state index < -0.39 is 12.1 Å². The van der Waals surface area contributed by atoms with E-state index in [1.807, 2.05) is 30.1 Å².